The van der Waals surface area contributed by atoms with Crippen LogP contribution in [0.5, 0.6) is 0 Å². The van der Waals surface area contributed by atoms with Crippen molar-refractivity contribution in [1.82, 2.24) is 0 Å². The van der Waals surface area contributed by atoms with Gasteiger partial charge in [-0.05, 0) is 91.3 Å². The highest BCUT2D eigenvalue weighted by Gasteiger charge is 2.57. The molecule has 4 aliphatic carbocycles. The van der Waals surface area contributed by atoms with E-state index < -0.39 is 0 Å². The van der Waals surface area contributed by atoms with Gasteiger partial charge < -0.3 is 4.74 Å². The lowest BCUT2D eigenvalue weighted by molar-refractivity contribution is -0.151. The average Bonchev–Trinajstić information content (AvgIpc) is 2.77. The number of carbonyl (C=O) groups is 1. The summed E-state index contributed by atoms with van der Waals surface area (Å²) in [5.41, 5.74) is 2.52. The highest BCUT2D eigenvalue weighted by Crippen LogP contribution is 2.66. The molecule has 0 amide bonds. The number of ether oxygens (including phenoxy) is 1. The van der Waals surface area contributed by atoms with Gasteiger partial charge in [0.2, 0.25) is 0 Å². The zero-order chi connectivity index (χ0) is 23.8. The van der Waals surface area contributed by atoms with E-state index in [-0.39, 0.29) is 12.1 Å². The summed E-state index contributed by atoms with van der Waals surface area (Å²) >= 11 is 0. The van der Waals surface area contributed by atoms with E-state index in [1.165, 1.54) is 64.2 Å². The fourth-order valence-corrected chi connectivity index (χ4v) is 9.22. The summed E-state index contributed by atoms with van der Waals surface area (Å²) in [6.07, 6.45) is 19.2. The molecule has 4 rings (SSSR count). The molecule has 0 aliphatic heterocycles. The Kier molecular flexibility index (Phi) is 7.72. The summed E-state index contributed by atoms with van der Waals surface area (Å²) in [7, 11) is 0. The van der Waals surface area contributed by atoms with Gasteiger partial charge in [0.05, 0.1) is 0 Å². The summed E-state index contributed by atoms with van der Waals surface area (Å²) in [4.78, 5) is 11.9. The fourth-order valence-electron chi connectivity index (χ4n) is 9.22. The lowest BCUT2D eigenvalue weighted by atomic mass is 9.42. The van der Waals surface area contributed by atoms with Crippen molar-refractivity contribution in [3.8, 4) is 0 Å². The molecule has 8 atom stereocenters. The van der Waals surface area contributed by atoms with Gasteiger partial charge >= 0.3 is 5.97 Å². The van der Waals surface area contributed by atoms with Gasteiger partial charge in [-0.3, -0.25) is 4.79 Å². The highest BCUT2D eigenvalue weighted by atomic mass is 16.5. The van der Waals surface area contributed by atoms with Gasteiger partial charge in [0, 0.05) is 12.8 Å². The second-order valence-electron chi connectivity index (χ2n) is 13.4. The molecule has 4 aliphatic rings. The first-order chi connectivity index (χ1) is 15.7. The third-order valence-electron chi connectivity index (χ3n) is 11.1. The van der Waals surface area contributed by atoms with E-state index in [0.29, 0.717) is 17.3 Å². The Balaban J connectivity index is 1.48. The van der Waals surface area contributed by atoms with E-state index in [0.717, 1.165) is 48.3 Å². The molecule has 0 radical (unpaired) electrons. The monoisotopic (exact) mass is 456 g/mol. The lowest BCUT2D eigenvalue weighted by Crippen LogP contribution is -2.54. The van der Waals surface area contributed by atoms with Crippen molar-refractivity contribution in [2.75, 3.05) is 0 Å². The Morgan fingerprint density at radius 3 is 2.58 bits per heavy atom. The van der Waals surface area contributed by atoms with Crippen LogP contribution < -0.4 is 0 Å². The molecule has 0 bridgehead atoms. The van der Waals surface area contributed by atoms with Crippen molar-refractivity contribution in [3.05, 3.63) is 11.6 Å². The van der Waals surface area contributed by atoms with Crippen molar-refractivity contribution < 1.29 is 9.53 Å². The number of fused-ring (bicyclic) bond motifs is 5. The van der Waals surface area contributed by atoms with Gasteiger partial charge in [0.15, 0.2) is 0 Å². The van der Waals surface area contributed by atoms with Crippen LogP contribution in [0.15, 0.2) is 11.6 Å². The van der Waals surface area contributed by atoms with Crippen LogP contribution in [0.4, 0.5) is 0 Å². The molecule has 0 saturated heterocycles. The topological polar surface area (TPSA) is 26.3 Å². The van der Waals surface area contributed by atoms with Crippen LogP contribution in [0.3, 0.4) is 0 Å². The summed E-state index contributed by atoms with van der Waals surface area (Å²) in [5, 5.41) is 0. The van der Waals surface area contributed by atoms with E-state index in [1.54, 1.807) is 5.57 Å². The highest BCUT2D eigenvalue weighted by molar-refractivity contribution is 5.69. The Hall–Kier alpha value is -0.790. The molecule has 3 saturated carbocycles. The maximum Gasteiger partial charge on any atom is 0.305 e. The van der Waals surface area contributed by atoms with Crippen molar-refractivity contribution in [1.29, 1.82) is 0 Å². The molecule has 2 heteroatoms. The van der Waals surface area contributed by atoms with Gasteiger partial charge in [-0.1, -0.05) is 78.9 Å². The Bertz CT molecular complexity index is 722. The molecule has 2 nitrogen and oxygen atoms in total. The van der Waals surface area contributed by atoms with Crippen molar-refractivity contribution in [3.63, 3.8) is 0 Å². The van der Waals surface area contributed by atoms with Crippen LogP contribution in [-0.2, 0) is 9.53 Å². The fraction of sp³-hybridized carbons (Fsp3) is 0.903. The molecule has 0 aromatic rings. The minimum Gasteiger partial charge on any atom is -0.462 e. The number of carbonyl (C=O) groups excluding carboxylic acids is 1. The second-order valence-corrected chi connectivity index (χ2v) is 13.4. The normalized spacial score (nSPS) is 41.4. The molecule has 0 aromatic carbocycles. The standard InChI is InChI=1S/C31H52O2/c1-7-29(32)33-24-16-18-30(5)23(20-24)14-15-25-27-13-9-12-26(22(4)11-8-10-21(2)3)31(27,6)19-17-28(25)30/h14,21-22,24-28H,7-13,15-20H2,1-6H3/t22?,24?,25-,26?,27+,28+,30?,31?/m1/s1. The largest absolute Gasteiger partial charge is 0.462 e. The molecule has 33 heavy (non-hydrogen) atoms. The van der Waals surface area contributed by atoms with E-state index in [4.69, 9.17) is 4.74 Å². The van der Waals surface area contributed by atoms with Crippen LogP contribution in [0.25, 0.3) is 0 Å². The number of hydrogen-bond donors (Lipinski definition) is 0. The SMILES string of the molecule is CCC(=O)OC1CCC2(C)C(=CC[C@H]3[C@@H]2CCC2(C)C(C(C)CCCC(C)C)CCC[C@@H]32)C1. The predicted molar refractivity (Wildman–Crippen MR) is 138 cm³/mol. The Labute approximate surface area is 204 Å². The number of esters is 1. The minimum atomic E-state index is -0.0258. The van der Waals surface area contributed by atoms with E-state index in [1.807, 2.05) is 6.92 Å². The second kappa shape index (κ2) is 10.1. The molecule has 0 N–H and O–H groups in total. The van der Waals surface area contributed by atoms with Gasteiger partial charge in [-0.15, -0.1) is 0 Å². The van der Waals surface area contributed by atoms with Crippen LogP contribution in [0.2, 0.25) is 0 Å². The maximum atomic E-state index is 11.9. The smallest absolute Gasteiger partial charge is 0.305 e. The van der Waals surface area contributed by atoms with Gasteiger partial charge in [0.1, 0.15) is 6.10 Å². The van der Waals surface area contributed by atoms with Crippen molar-refractivity contribution in [2.45, 2.75) is 131 Å². The molecule has 5 unspecified atom stereocenters. The van der Waals surface area contributed by atoms with Crippen molar-refractivity contribution in [2.24, 2.45) is 46.3 Å². The molecule has 0 aromatic heterocycles. The molecule has 188 valence electrons. The molecule has 3 fully saturated rings. The van der Waals surface area contributed by atoms with Crippen LogP contribution in [0, 0.1) is 46.3 Å². The van der Waals surface area contributed by atoms with Gasteiger partial charge in [-0.25, -0.2) is 0 Å². The lowest BCUT2D eigenvalue weighted by Gasteiger charge is -2.62. The molecular weight excluding hydrogens is 404 g/mol. The quantitative estimate of drug-likeness (QED) is 0.283. The van der Waals surface area contributed by atoms with E-state index in [2.05, 4.69) is 40.7 Å². The number of rotatable bonds is 7. The summed E-state index contributed by atoms with van der Waals surface area (Å²) in [5.74, 6) is 5.24. The van der Waals surface area contributed by atoms with Gasteiger partial charge in [0.25, 0.3) is 0 Å². The summed E-state index contributed by atoms with van der Waals surface area (Å²) < 4.78 is 5.78. The van der Waals surface area contributed by atoms with E-state index >= 15 is 0 Å². The third-order valence-corrected chi connectivity index (χ3v) is 11.1. The Morgan fingerprint density at radius 2 is 1.85 bits per heavy atom. The molecule has 0 spiro atoms. The first-order valence-corrected chi connectivity index (χ1v) is 14.6. The third kappa shape index (κ3) is 4.84. The van der Waals surface area contributed by atoms with Crippen LogP contribution in [0.1, 0.15) is 125 Å². The Morgan fingerprint density at radius 1 is 1.06 bits per heavy atom. The van der Waals surface area contributed by atoms with Crippen molar-refractivity contribution >= 4 is 5.97 Å². The van der Waals surface area contributed by atoms with Crippen LogP contribution >= 0.6 is 0 Å². The minimum absolute atomic E-state index is 0.0258. The maximum absolute atomic E-state index is 11.9. The average molecular weight is 457 g/mol. The van der Waals surface area contributed by atoms with Crippen LogP contribution in [-0.4, -0.2) is 12.1 Å². The first kappa shape index (κ1) is 25.3. The summed E-state index contributed by atoms with van der Waals surface area (Å²) in [6, 6.07) is 0. The number of allylic oxidation sites excluding steroid dienone is 1. The van der Waals surface area contributed by atoms with E-state index in [9.17, 15) is 4.79 Å². The molecule has 0 heterocycles. The zero-order valence-corrected chi connectivity index (χ0v) is 22.6. The first-order valence-electron chi connectivity index (χ1n) is 14.6. The van der Waals surface area contributed by atoms with Gasteiger partial charge in [-0.2, -0.15) is 0 Å². The molecular formula is C31H52O2. The predicted octanol–water partition coefficient (Wildman–Crippen LogP) is 8.74. The number of hydrogen-bond acceptors (Lipinski definition) is 2. The summed E-state index contributed by atoms with van der Waals surface area (Å²) in [6.45, 7) is 14.5. The zero-order valence-electron chi connectivity index (χ0n) is 22.6.